The Morgan fingerprint density at radius 3 is 2.91 bits per heavy atom. The van der Waals surface area contributed by atoms with Crippen LogP contribution in [-0.4, -0.2) is 21.6 Å². The van der Waals surface area contributed by atoms with E-state index in [1.807, 2.05) is 31.4 Å². The van der Waals surface area contributed by atoms with E-state index in [0.29, 0.717) is 17.5 Å². The van der Waals surface area contributed by atoms with Gasteiger partial charge in [0.25, 0.3) is 0 Å². The molecule has 1 unspecified atom stereocenters. The van der Waals surface area contributed by atoms with Crippen molar-refractivity contribution in [2.45, 2.75) is 19.9 Å². The zero-order valence-electron chi connectivity index (χ0n) is 12.2. The van der Waals surface area contributed by atoms with Crippen molar-refractivity contribution in [1.29, 1.82) is 0 Å². The number of nitrogens with one attached hydrogen (secondary N) is 1. The molecule has 5 nitrogen and oxygen atoms in total. The first-order chi connectivity index (χ1) is 10.7. The minimum absolute atomic E-state index is 0.0391. The Morgan fingerprint density at radius 2 is 2.18 bits per heavy atom. The third kappa shape index (κ3) is 2.98. The summed E-state index contributed by atoms with van der Waals surface area (Å²) in [6.07, 6.45) is 3.34. The summed E-state index contributed by atoms with van der Waals surface area (Å²) in [5, 5.41) is 6.77. The van der Waals surface area contributed by atoms with Gasteiger partial charge in [-0.3, -0.25) is 0 Å². The molecule has 0 aliphatic heterocycles. The van der Waals surface area contributed by atoms with Crippen molar-refractivity contribution >= 4 is 39.0 Å². The fraction of sp³-hybridized carbons (Fsp3) is 0.267. The van der Waals surface area contributed by atoms with Gasteiger partial charge < -0.3 is 10.1 Å². The summed E-state index contributed by atoms with van der Waals surface area (Å²) >= 11 is 7.73. The topological polar surface area (TPSA) is 59.9 Å². The Morgan fingerprint density at radius 1 is 1.32 bits per heavy atom. The third-order valence-corrected chi connectivity index (χ3v) is 4.54. The molecule has 0 aliphatic carbocycles. The lowest BCUT2D eigenvalue weighted by molar-refractivity contribution is 0.326. The van der Waals surface area contributed by atoms with Gasteiger partial charge in [0.05, 0.1) is 23.1 Å². The van der Waals surface area contributed by atoms with Gasteiger partial charge in [-0.15, -0.1) is 11.3 Å². The predicted octanol–water partition coefficient (Wildman–Crippen LogP) is 4.31. The lowest BCUT2D eigenvalue weighted by Gasteiger charge is -2.15. The lowest BCUT2D eigenvalue weighted by Crippen LogP contribution is -2.09. The maximum Gasteiger partial charge on any atom is 0.213 e. The van der Waals surface area contributed by atoms with Gasteiger partial charge in [0.15, 0.2) is 0 Å². The Kier molecular flexibility index (Phi) is 4.40. The van der Waals surface area contributed by atoms with Crippen LogP contribution in [0.4, 0.5) is 5.82 Å². The standard InChI is InChI=1S/C15H15ClN4OS/c1-3-21-12-5-4-10(6-17-12)9(2)20-14-13-11(16)7-22-15(13)19-8-18-14/h4-9H,3H2,1-2H3,(H,18,19,20). The van der Waals surface area contributed by atoms with Crippen LogP contribution in [-0.2, 0) is 0 Å². The molecule has 7 heteroatoms. The number of nitrogens with zero attached hydrogens (tertiary/aromatic N) is 3. The van der Waals surface area contributed by atoms with Gasteiger partial charge in [0, 0.05) is 17.6 Å². The van der Waals surface area contributed by atoms with Crippen LogP contribution in [0.3, 0.4) is 0 Å². The van der Waals surface area contributed by atoms with Gasteiger partial charge in [0.2, 0.25) is 5.88 Å². The summed E-state index contributed by atoms with van der Waals surface area (Å²) in [5.41, 5.74) is 1.04. The fourth-order valence-corrected chi connectivity index (χ4v) is 3.25. The number of rotatable bonds is 5. The fourth-order valence-electron chi connectivity index (χ4n) is 2.12. The number of pyridine rings is 1. The van der Waals surface area contributed by atoms with Crippen LogP contribution < -0.4 is 10.1 Å². The monoisotopic (exact) mass is 334 g/mol. The molecule has 0 aliphatic rings. The van der Waals surface area contributed by atoms with E-state index in [9.17, 15) is 0 Å². The van der Waals surface area contributed by atoms with Crippen molar-refractivity contribution in [2.24, 2.45) is 0 Å². The highest BCUT2D eigenvalue weighted by atomic mass is 35.5. The molecular weight excluding hydrogens is 320 g/mol. The summed E-state index contributed by atoms with van der Waals surface area (Å²) < 4.78 is 5.35. The Bertz CT molecular complexity index is 775. The van der Waals surface area contributed by atoms with E-state index in [4.69, 9.17) is 16.3 Å². The van der Waals surface area contributed by atoms with E-state index >= 15 is 0 Å². The van der Waals surface area contributed by atoms with Gasteiger partial charge >= 0.3 is 0 Å². The molecular formula is C15H15ClN4OS. The minimum atomic E-state index is 0.0391. The van der Waals surface area contributed by atoms with Crippen LogP contribution in [0.1, 0.15) is 25.5 Å². The molecule has 0 fully saturated rings. The third-order valence-electron chi connectivity index (χ3n) is 3.23. The molecule has 0 bridgehead atoms. The Hall–Kier alpha value is -1.92. The maximum absolute atomic E-state index is 6.22. The van der Waals surface area contributed by atoms with Crippen molar-refractivity contribution in [3.05, 3.63) is 40.6 Å². The number of hydrogen-bond acceptors (Lipinski definition) is 6. The lowest BCUT2D eigenvalue weighted by atomic mass is 10.1. The normalized spacial score (nSPS) is 12.3. The maximum atomic E-state index is 6.22. The molecule has 3 heterocycles. The van der Waals surface area contributed by atoms with E-state index in [-0.39, 0.29) is 6.04 Å². The summed E-state index contributed by atoms with van der Waals surface area (Å²) in [6, 6.07) is 3.89. The largest absolute Gasteiger partial charge is 0.478 e. The number of thiophene rings is 1. The molecule has 3 rings (SSSR count). The molecule has 0 amide bonds. The first-order valence-electron chi connectivity index (χ1n) is 6.92. The van der Waals surface area contributed by atoms with E-state index in [2.05, 4.69) is 20.3 Å². The summed E-state index contributed by atoms with van der Waals surface area (Å²) in [5.74, 6) is 1.36. The van der Waals surface area contributed by atoms with E-state index in [1.165, 1.54) is 11.3 Å². The Balaban J connectivity index is 1.83. The number of anilines is 1. The molecule has 0 saturated heterocycles. The molecule has 114 valence electrons. The van der Waals surface area contributed by atoms with Crippen LogP contribution in [0, 0.1) is 0 Å². The van der Waals surface area contributed by atoms with Gasteiger partial charge in [-0.25, -0.2) is 15.0 Å². The molecule has 1 atom stereocenters. The zero-order chi connectivity index (χ0) is 15.5. The van der Waals surface area contributed by atoms with Crippen molar-refractivity contribution in [3.8, 4) is 5.88 Å². The van der Waals surface area contributed by atoms with Crippen LogP contribution in [0.2, 0.25) is 5.02 Å². The van der Waals surface area contributed by atoms with Gasteiger partial charge in [0.1, 0.15) is 17.0 Å². The smallest absolute Gasteiger partial charge is 0.213 e. The van der Waals surface area contributed by atoms with E-state index < -0.39 is 0 Å². The molecule has 1 N–H and O–H groups in total. The molecule has 3 aromatic heterocycles. The van der Waals surface area contributed by atoms with Gasteiger partial charge in [-0.05, 0) is 19.4 Å². The van der Waals surface area contributed by atoms with Crippen molar-refractivity contribution in [1.82, 2.24) is 15.0 Å². The second-order valence-electron chi connectivity index (χ2n) is 4.71. The van der Waals surface area contributed by atoms with Gasteiger partial charge in [-0.2, -0.15) is 0 Å². The highest BCUT2D eigenvalue weighted by molar-refractivity contribution is 7.17. The average molecular weight is 335 g/mol. The van der Waals surface area contributed by atoms with Crippen molar-refractivity contribution in [3.63, 3.8) is 0 Å². The molecule has 0 radical (unpaired) electrons. The zero-order valence-corrected chi connectivity index (χ0v) is 13.8. The second-order valence-corrected chi connectivity index (χ2v) is 5.98. The first kappa shape index (κ1) is 15.0. The molecule has 22 heavy (non-hydrogen) atoms. The first-order valence-corrected chi connectivity index (χ1v) is 8.17. The van der Waals surface area contributed by atoms with Gasteiger partial charge in [-0.1, -0.05) is 17.7 Å². The summed E-state index contributed by atoms with van der Waals surface area (Å²) in [7, 11) is 0. The van der Waals surface area contributed by atoms with Crippen LogP contribution in [0.5, 0.6) is 5.88 Å². The number of fused-ring (bicyclic) bond motifs is 1. The summed E-state index contributed by atoms with van der Waals surface area (Å²) in [6.45, 7) is 4.59. The molecule has 0 saturated carbocycles. The number of hydrogen-bond donors (Lipinski definition) is 1. The minimum Gasteiger partial charge on any atom is -0.478 e. The molecule has 0 aromatic carbocycles. The summed E-state index contributed by atoms with van der Waals surface area (Å²) in [4.78, 5) is 13.7. The quantitative estimate of drug-likeness (QED) is 0.753. The van der Waals surface area contributed by atoms with Crippen molar-refractivity contribution in [2.75, 3.05) is 11.9 Å². The number of halogens is 1. The Labute approximate surface area is 137 Å². The van der Waals surface area contributed by atoms with E-state index in [0.717, 1.165) is 21.6 Å². The van der Waals surface area contributed by atoms with Crippen molar-refractivity contribution < 1.29 is 4.74 Å². The second kappa shape index (κ2) is 6.46. The molecule has 3 aromatic rings. The van der Waals surface area contributed by atoms with E-state index in [1.54, 1.807) is 12.5 Å². The average Bonchev–Trinajstić information content (AvgIpc) is 2.91. The highest BCUT2D eigenvalue weighted by Gasteiger charge is 2.13. The van der Waals surface area contributed by atoms with Crippen LogP contribution >= 0.6 is 22.9 Å². The SMILES string of the molecule is CCOc1ccc(C(C)Nc2ncnc3scc(Cl)c23)cn1. The van der Waals surface area contributed by atoms with Crippen LogP contribution in [0.25, 0.3) is 10.2 Å². The number of aromatic nitrogens is 3. The number of ether oxygens (including phenoxy) is 1. The molecule has 0 spiro atoms. The highest BCUT2D eigenvalue weighted by Crippen LogP contribution is 2.34. The predicted molar refractivity (Wildman–Crippen MR) is 89.9 cm³/mol. The van der Waals surface area contributed by atoms with Crippen LogP contribution in [0.15, 0.2) is 30.0 Å².